The molecule has 0 aliphatic heterocycles. The van der Waals surface area contributed by atoms with Gasteiger partial charge in [0.1, 0.15) is 11.6 Å². The quantitative estimate of drug-likeness (QED) is 0.448. The lowest BCUT2D eigenvalue weighted by Gasteiger charge is -2.29. The fourth-order valence-corrected chi connectivity index (χ4v) is 4.91. The van der Waals surface area contributed by atoms with Crippen molar-refractivity contribution in [3.8, 4) is 0 Å². The van der Waals surface area contributed by atoms with Gasteiger partial charge in [0, 0.05) is 5.56 Å². The molecule has 0 heterocycles. The van der Waals surface area contributed by atoms with Crippen molar-refractivity contribution >= 4 is 11.6 Å². The molecule has 1 fully saturated rings. The van der Waals surface area contributed by atoms with Crippen LogP contribution in [0.5, 0.6) is 0 Å². The van der Waals surface area contributed by atoms with E-state index in [0.717, 1.165) is 49.3 Å². The topological polar surface area (TPSA) is 0 Å². The third kappa shape index (κ3) is 4.12. The van der Waals surface area contributed by atoms with Gasteiger partial charge in [-0.15, -0.1) is 0 Å². The van der Waals surface area contributed by atoms with E-state index in [1.807, 2.05) is 0 Å². The van der Waals surface area contributed by atoms with Crippen molar-refractivity contribution < 1.29 is 17.6 Å². The van der Waals surface area contributed by atoms with E-state index in [2.05, 4.69) is 6.92 Å². The van der Waals surface area contributed by atoms with Crippen LogP contribution in [0.3, 0.4) is 0 Å². The van der Waals surface area contributed by atoms with E-state index in [1.165, 1.54) is 31.4 Å². The molecule has 0 radical (unpaired) electrons. The summed E-state index contributed by atoms with van der Waals surface area (Å²) in [4.78, 5) is 0. The maximum absolute atomic E-state index is 14.9. The Morgan fingerprint density at radius 3 is 2.14 bits per heavy atom. The average Bonchev–Trinajstić information content (AvgIpc) is 3.08. The van der Waals surface area contributed by atoms with E-state index < -0.39 is 23.3 Å². The fraction of sp³-hybridized carbons (Fsp3) is 0.440. The Morgan fingerprint density at radius 1 is 0.828 bits per heavy atom. The standard InChI is InChI=1S/C25H26F4/c1-2-3-4-15-5-7-16(8-6-15)19-13-23(28)25(24(29)14-19)20-9-17-11-21(26)22(27)12-18(17)10-20/h9,11-16H,2-8,10H2,1H3. The minimum Gasteiger partial charge on any atom is -0.206 e. The maximum atomic E-state index is 14.9. The SMILES string of the molecule is CCCCC1CCC(c2cc(F)c(C3=Cc4cc(F)c(F)cc4C3)c(F)c2)CC1. The summed E-state index contributed by atoms with van der Waals surface area (Å²) >= 11 is 0. The van der Waals surface area contributed by atoms with Gasteiger partial charge in [-0.2, -0.15) is 0 Å². The van der Waals surface area contributed by atoms with Crippen molar-refractivity contribution in [2.45, 2.75) is 64.2 Å². The second-order valence-electron chi connectivity index (χ2n) is 8.53. The highest BCUT2D eigenvalue weighted by atomic mass is 19.2. The first-order valence-corrected chi connectivity index (χ1v) is 10.6. The molecule has 1 saturated carbocycles. The summed E-state index contributed by atoms with van der Waals surface area (Å²) in [5, 5.41) is 0. The van der Waals surface area contributed by atoms with Gasteiger partial charge in [0.05, 0.1) is 0 Å². The summed E-state index contributed by atoms with van der Waals surface area (Å²) in [6, 6.07) is 5.11. The summed E-state index contributed by atoms with van der Waals surface area (Å²) in [5.74, 6) is -2.13. The van der Waals surface area contributed by atoms with Crippen LogP contribution >= 0.6 is 0 Å². The van der Waals surface area contributed by atoms with Gasteiger partial charge in [0.15, 0.2) is 11.6 Å². The first kappa shape index (κ1) is 20.2. The lowest BCUT2D eigenvalue weighted by atomic mass is 9.77. The molecule has 154 valence electrons. The third-order valence-electron chi connectivity index (χ3n) is 6.56. The molecular formula is C25H26F4. The zero-order chi connectivity index (χ0) is 20.5. The molecule has 2 aliphatic rings. The predicted octanol–water partition coefficient (Wildman–Crippen LogP) is 7.80. The number of fused-ring (bicyclic) bond motifs is 1. The van der Waals surface area contributed by atoms with Gasteiger partial charge >= 0.3 is 0 Å². The Hall–Kier alpha value is -2.10. The number of allylic oxidation sites excluding steroid dienone is 1. The molecule has 0 spiro atoms. The number of rotatable bonds is 5. The Labute approximate surface area is 169 Å². The van der Waals surface area contributed by atoms with Gasteiger partial charge in [-0.25, -0.2) is 17.6 Å². The van der Waals surface area contributed by atoms with Gasteiger partial charge in [0.25, 0.3) is 0 Å². The molecule has 0 unspecified atom stereocenters. The van der Waals surface area contributed by atoms with Crippen molar-refractivity contribution in [2.24, 2.45) is 5.92 Å². The van der Waals surface area contributed by atoms with Crippen molar-refractivity contribution in [1.29, 1.82) is 0 Å². The second kappa shape index (κ2) is 8.33. The van der Waals surface area contributed by atoms with Crippen LogP contribution in [0.4, 0.5) is 17.6 Å². The largest absolute Gasteiger partial charge is 0.206 e. The van der Waals surface area contributed by atoms with Crippen molar-refractivity contribution in [3.63, 3.8) is 0 Å². The fourth-order valence-electron chi connectivity index (χ4n) is 4.91. The number of hydrogen-bond acceptors (Lipinski definition) is 0. The molecule has 0 atom stereocenters. The monoisotopic (exact) mass is 402 g/mol. The molecule has 2 aromatic carbocycles. The highest BCUT2D eigenvalue weighted by Crippen LogP contribution is 2.40. The second-order valence-corrected chi connectivity index (χ2v) is 8.53. The number of unbranched alkanes of at least 4 members (excludes halogenated alkanes) is 1. The van der Waals surface area contributed by atoms with Gasteiger partial charge in [-0.05, 0) is 90.5 Å². The number of hydrogen-bond donors (Lipinski definition) is 0. The summed E-state index contributed by atoms with van der Waals surface area (Å²) in [6.07, 6.45) is 9.63. The summed E-state index contributed by atoms with van der Waals surface area (Å²) in [6.45, 7) is 2.20. The molecule has 0 bridgehead atoms. The Balaban J connectivity index is 1.52. The molecule has 4 heteroatoms. The molecule has 0 nitrogen and oxygen atoms in total. The minimum atomic E-state index is -0.952. The highest BCUT2D eigenvalue weighted by molar-refractivity contribution is 5.89. The molecule has 0 saturated heterocycles. The van der Waals surface area contributed by atoms with E-state index in [0.29, 0.717) is 16.7 Å². The van der Waals surface area contributed by atoms with Crippen molar-refractivity contribution in [3.05, 3.63) is 69.8 Å². The van der Waals surface area contributed by atoms with Crippen LogP contribution < -0.4 is 0 Å². The van der Waals surface area contributed by atoms with Gasteiger partial charge in [-0.3, -0.25) is 0 Å². The maximum Gasteiger partial charge on any atom is 0.159 e. The lowest BCUT2D eigenvalue weighted by Crippen LogP contribution is -2.14. The van der Waals surface area contributed by atoms with Crippen LogP contribution in [0.15, 0.2) is 24.3 Å². The molecule has 4 rings (SSSR count). The van der Waals surface area contributed by atoms with Crippen LogP contribution in [0, 0.1) is 29.2 Å². The summed E-state index contributed by atoms with van der Waals surface area (Å²) in [7, 11) is 0. The molecule has 0 aromatic heterocycles. The normalized spacial score (nSPS) is 21.2. The number of halogens is 4. The molecular weight excluding hydrogens is 376 g/mol. The summed E-state index contributed by atoms with van der Waals surface area (Å²) in [5.41, 5.74) is 2.10. The minimum absolute atomic E-state index is 0.0811. The van der Waals surface area contributed by atoms with E-state index in [-0.39, 0.29) is 17.9 Å². The van der Waals surface area contributed by atoms with E-state index in [1.54, 1.807) is 6.08 Å². The van der Waals surface area contributed by atoms with Crippen LogP contribution in [0.1, 0.15) is 80.0 Å². The van der Waals surface area contributed by atoms with Crippen molar-refractivity contribution in [1.82, 2.24) is 0 Å². The first-order valence-electron chi connectivity index (χ1n) is 10.6. The van der Waals surface area contributed by atoms with Crippen LogP contribution in [-0.2, 0) is 6.42 Å². The Kier molecular flexibility index (Phi) is 5.80. The zero-order valence-corrected chi connectivity index (χ0v) is 16.7. The highest BCUT2D eigenvalue weighted by Gasteiger charge is 2.26. The molecule has 2 aliphatic carbocycles. The van der Waals surface area contributed by atoms with Gasteiger partial charge in [-0.1, -0.05) is 32.3 Å². The van der Waals surface area contributed by atoms with E-state index in [9.17, 15) is 17.6 Å². The Morgan fingerprint density at radius 2 is 1.48 bits per heavy atom. The smallest absolute Gasteiger partial charge is 0.159 e. The zero-order valence-electron chi connectivity index (χ0n) is 16.7. The Bertz CT molecular complexity index is 913. The van der Waals surface area contributed by atoms with Crippen LogP contribution in [-0.4, -0.2) is 0 Å². The third-order valence-corrected chi connectivity index (χ3v) is 6.56. The molecule has 2 aromatic rings. The van der Waals surface area contributed by atoms with E-state index >= 15 is 0 Å². The molecule has 0 amide bonds. The molecule has 0 N–H and O–H groups in total. The van der Waals surface area contributed by atoms with Crippen molar-refractivity contribution in [2.75, 3.05) is 0 Å². The average molecular weight is 402 g/mol. The summed E-state index contributed by atoms with van der Waals surface area (Å²) < 4.78 is 56.8. The molecule has 29 heavy (non-hydrogen) atoms. The predicted molar refractivity (Wildman–Crippen MR) is 109 cm³/mol. The number of benzene rings is 2. The van der Waals surface area contributed by atoms with Crippen LogP contribution in [0.25, 0.3) is 11.6 Å². The van der Waals surface area contributed by atoms with Gasteiger partial charge in [0.2, 0.25) is 0 Å². The van der Waals surface area contributed by atoms with E-state index in [4.69, 9.17) is 0 Å². The van der Waals surface area contributed by atoms with Gasteiger partial charge < -0.3 is 0 Å². The lowest BCUT2D eigenvalue weighted by molar-refractivity contribution is 0.303. The first-order chi connectivity index (χ1) is 14.0. The van der Waals surface area contributed by atoms with Crippen LogP contribution in [0.2, 0.25) is 0 Å².